The highest BCUT2D eigenvalue weighted by molar-refractivity contribution is 5.41. The van der Waals surface area contributed by atoms with Crippen molar-refractivity contribution in [3.05, 3.63) is 59.2 Å². The smallest absolute Gasteiger partial charge is 0.130 e. The van der Waals surface area contributed by atoms with Crippen molar-refractivity contribution in [1.29, 1.82) is 0 Å². The van der Waals surface area contributed by atoms with E-state index in [1.165, 1.54) is 11.1 Å². The van der Waals surface area contributed by atoms with Gasteiger partial charge in [-0.2, -0.15) is 0 Å². The van der Waals surface area contributed by atoms with Gasteiger partial charge in [-0.15, -0.1) is 0 Å². The van der Waals surface area contributed by atoms with Crippen molar-refractivity contribution in [3.8, 4) is 11.5 Å². The molecular weight excluding hydrogens is 258 g/mol. The van der Waals surface area contributed by atoms with E-state index in [-0.39, 0.29) is 6.04 Å². The quantitative estimate of drug-likeness (QED) is 0.855. The molecule has 0 aliphatic carbocycles. The molecule has 2 aromatic carbocycles. The average molecular weight is 283 g/mol. The molecule has 0 saturated heterocycles. The minimum atomic E-state index is 0.125. The van der Waals surface area contributed by atoms with E-state index in [0.717, 1.165) is 23.5 Å². The number of hydrogen-bond acceptors (Lipinski definition) is 2. The minimum absolute atomic E-state index is 0.125. The zero-order valence-electron chi connectivity index (χ0n) is 13.4. The third-order valence-electron chi connectivity index (χ3n) is 3.61. The van der Waals surface area contributed by atoms with Gasteiger partial charge in [0.1, 0.15) is 11.5 Å². The summed E-state index contributed by atoms with van der Waals surface area (Å²) in [4.78, 5) is 0. The summed E-state index contributed by atoms with van der Waals surface area (Å²) in [6.07, 6.45) is 0.819. The van der Waals surface area contributed by atoms with Gasteiger partial charge in [0.15, 0.2) is 0 Å². The lowest BCUT2D eigenvalue weighted by molar-refractivity contribution is 0.473. The molecule has 1 unspecified atom stereocenters. The van der Waals surface area contributed by atoms with Gasteiger partial charge in [-0.1, -0.05) is 38.1 Å². The van der Waals surface area contributed by atoms with E-state index < -0.39 is 0 Å². The van der Waals surface area contributed by atoms with Gasteiger partial charge in [-0.25, -0.2) is 0 Å². The second-order valence-corrected chi connectivity index (χ2v) is 6.06. The zero-order chi connectivity index (χ0) is 15.4. The lowest BCUT2D eigenvalue weighted by atomic mass is 9.98. The summed E-state index contributed by atoms with van der Waals surface area (Å²) >= 11 is 0. The van der Waals surface area contributed by atoms with E-state index in [1.807, 2.05) is 31.2 Å². The number of rotatable bonds is 5. The first-order valence-electron chi connectivity index (χ1n) is 7.59. The fourth-order valence-electron chi connectivity index (χ4n) is 2.61. The van der Waals surface area contributed by atoms with Crippen molar-refractivity contribution >= 4 is 0 Å². The first-order valence-corrected chi connectivity index (χ1v) is 7.59. The van der Waals surface area contributed by atoms with Gasteiger partial charge in [-0.05, 0) is 61.1 Å². The lowest BCUT2D eigenvalue weighted by Gasteiger charge is -2.15. The predicted molar refractivity (Wildman–Crippen MR) is 89.1 cm³/mol. The SMILES string of the molecule is Cc1cc(Oc2ccccc2CC(C)N)ccc1C(C)C. The largest absolute Gasteiger partial charge is 0.457 e. The van der Waals surface area contributed by atoms with Crippen molar-refractivity contribution < 1.29 is 4.74 Å². The van der Waals surface area contributed by atoms with Crippen LogP contribution in [0.15, 0.2) is 42.5 Å². The Hall–Kier alpha value is -1.80. The van der Waals surface area contributed by atoms with Crippen molar-refractivity contribution in [2.75, 3.05) is 0 Å². The fraction of sp³-hybridized carbons (Fsp3) is 0.368. The molecule has 0 saturated carbocycles. The van der Waals surface area contributed by atoms with Crippen molar-refractivity contribution in [3.63, 3.8) is 0 Å². The van der Waals surface area contributed by atoms with E-state index in [1.54, 1.807) is 0 Å². The maximum Gasteiger partial charge on any atom is 0.130 e. The lowest BCUT2D eigenvalue weighted by Crippen LogP contribution is -2.18. The molecule has 0 bridgehead atoms. The number of hydrogen-bond donors (Lipinski definition) is 1. The van der Waals surface area contributed by atoms with Crippen LogP contribution in [-0.2, 0) is 6.42 Å². The van der Waals surface area contributed by atoms with Crippen LogP contribution < -0.4 is 10.5 Å². The molecule has 2 heteroatoms. The highest BCUT2D eigenvalue weighted by atomic mass is 16.5. The van der Waals surface area contributed by atoms with Crippen LogP contribution in [0.4, 0.5) is 0 Å². The Kier molecular flexibility index (Phi) is 5.03. The average Bonchev–Trinajstić information content (AvgIpc) is 2.40. The van der Waals surface area contributed by atoms with Gasteiger partial charge in [0.05, 0.1) is 0 Å². The van der Waals surface area contributed by atoms with Crippen LogP contribution in [0.1, 0.15) is 43.4 Å². The molecular formula is C19H25NO. The van der Waals surface area contributed by atoms with Crippen LogP contribution in [0.25, 0.3) is 0 Å². The van der Waals surface area contributed by atoms with Crippen LogP contribution in [0.2, 0.25) is 0 Å². The summed E-state index contributed by atoms with van der Waals surface area (Å²) in [6.45, 7) is 8.57. The zero-order valence-corrected chi connectivity index (χ0v) is 13.4. The molecule has 2 N–H and O–H groups in total. The van der Waals surface area contributed by atoms with Crippen molar-refractivity contribution in [2.45, 2.75) is 46.1 Å². The van der Waals surface area contributed by atoms with Crippen molar-refractivity contribution in [1.82, 2.24) is 0 Å². The first-order chi connectivity index (χ1) is 9.97. The Balaban J connectivity index is 2.24. The predicted octanol–water partition coefficient (Wildman–Crippen LogP) is 4.80. The van der Waals surface area contributed by atoms with Crippen LogP contribution in [0, 0.1) is 6.92 Å². The number of nitrogens with two attached hydrogens (primary N) is 1. The van der Waals surface area contributed by atoms with Crippen LogP contribution >= 0.6 is 0 Å². The third-order valence-corrected chi connectivity index (χ3v) is 3.61. The van der Waals surface area contributed by atoms with Crippen molar-refractivity contribution in [2.24, 2.45) is 5.73 Å². The Morgan fingerprint density at radius 3 is 2.38 bits per heavy atom. The summed E-state index contributed by atoms with van der Waals surface area (Å²) in [7, 11) is 0. The van der Waals surface area contributed by atoms with Gasteiger partial charge in [0.2, 0.25) is 0 Å². The van der Waals surface area contributed by atoms with Gasteiger partial charge < -0.3 is 10.5 Å². The molecule has 0 amide bonds. The fourth-order valence-corrected chi connectivity index (χ4v) is 2.61. The Labute approximate surface area is 127 Å². The molecule has 2 aromatic rings. The van der Waals surface area contributed by atoms with E-state index in [0.29, 0.717) is 5.92 Å². The highest BCUT2D eigenvalue weighted by Crippen LogP contribution is 2.29. The van der Waals surface area contributed by atoms with E-state index in [4.69, 9.17) is 10.5 Å². The maximum atomic E-state index is 6.07. The second-order valence-electron chi connectivity index (χ2n) is 6.06. The molecule has 0 spiro atoms. The molecule has 0 radical (unpaired) electrons. The van der Waals surface area contributed by atoms with Crippen LogP contribution in [0.5, 0.6) is 11.5 Å². The van der Waals surface area contributed by atoms with Gasteiger partial charge >= 0.3 is 0 Å². The number of ether oxygens (including phenoxy) is 1. The summed E-state index contributed by atoms with van der Waals surface area (Å²) in [5.74, 6) is 2.31. The Bertz CT molecular complexity index is 602. The summed E-state index contributed by atoms with van der Waals surface area (Å²) < 4.78 is 6.07. The monoisotopic (exact) mass is 283 g/mol. The first kappa shape index (κ1) is 15.6. The molecule has 0 heterocycles. The molecule has 0 fully saturated rings. The summed E-state index contributed by atoms with van der Waals surface area (Å²) in [5.41, 5.74) is 9.70. The topological polar surface area (TPSA) is 35.2 Å². The number of para-hydroxylation sites is 1. The molecule has 112 valence electrons. The number of benzene rings is 2. The molecule has 21 heavy (non-hydrogen) atoms. The van der Waals surface area contributed by atoms with Gasteiger partial charge in [-0.3, -0.25) is 0 Å². The highest BCUT2D eigenvalue weighted by Gasteiger charge is 2.09. The van der Waals surface area contributed by atoms with Crippen LogP contribution in [0.3, 0.4) is 0 Å². The van der Waals surface area contributed by atoms with Crippen LogP contribution in [-0.4, -0.2) is 6.04 Å². The van der Waals surface area contributed by atoms with Gasteiger partial charge in [0, 0.05) is 6.04 Å². The second kappa shape index (κ2) is 6.77. The maximum absolute atomic E-state index is 6.07. The van der Waals surface area contributed by atoms with E-state index in [9.17, 15) is 0 Å². The molecule has 2 rings (SSSR count). The summed E-state index contributed by atoms with van der Waals surface area (Å²) in [6, 6.07) is 14.5. The third kappa shape index (κ3) is 4.08. The molecule has 0 aliphatic rings. The minimum Gasteiger partial charge on any atom is -0.457 e. The van der Waals surface area contributed by atoms with Gasteiger partial charge in [0.25, 0.3) is 0 Å². The Morgan fingerprint density at radius 1 is 1.05 bits per heavy atom. The molecule has 0 aliphatic heterocycles. The van der Waals surface area contributed by atoms with E-state index in [2.05, 4.69) is 39.0 Å². The molecule has 0 aromatic heterocycles. The number of aryl methyl sites for hydroxylation is 1. The van der Waals surface area contributed by atoms with E-state index >= 15 is 0 Å². The molecule has 1 atom stereocenters. The Morgan fingerprint density at radius 2 is 1.76 bits per heavy atom. The molecule has 2 nitrogen and oxygen atoms in total. The summed E-state index contributed by atoms with van der Waals surface area (Å²) in [5, 5.41) is 0. The standard InChI is InChI=1S/C19H25NO/c1-13(2)18-10-9-17(11-14(18)3)21-19-8-6-5-7-16(19)12-15(4)20/h5-11,13,15H,12,20H2,1-4H3. The normalized spacial score (nSPS) is 12.5.